The SMILES string of the molecule is Nc1ccc2nc(NC(=O)CSc3ncn[nH]3)sc2c1. The second kappa shape index (κ2) is 5.47. The molecule has 0 bridgehead atoms. The minimum atomic E-state index is -0.140. The van der Waals surface area contributed by atoms with Crippen LogP contribution in [0.5, 0.6) is 0 Å². The van der Waals surface area contributed by atoms with Gasteiger partial charge in [0.1, 0.15) is 6.33 Å². The molecule has 0 aliphatic rings. The predicted molar refractivity (Wildman–Crippen MR) is 79.8 cm³/mol. The number of benzene rings is 1. The first-order valence-electron chi connectivity index (χ1n) is 5.65. The molecule has 1 amide bonds. The average Bonchev–Trinajstić information content (AvgIpc) is 3.04. The van der Waals surface area contributed by atoms with Gasteiger partial charge in [0.25, 0.3) is 0 Å². The number of carbonyl (C=O) groups excluding carboxylic acids is 1. The van der Waals surface area contributed by atoms with E-state index >= 15 is 0 Å². The molecule has 0 saturated carbocycles. The zero-order chi connectivity index (χ0) is 13.9. The van der Waals surface area contributed by atoms with Gasteiger partial charge in [-0.15, -0.1) is 0 Å². The molecule has 2 heterocycles. The number of thioether (sulfide) groups is 1. The summed E-state index contributed by atoms with van der Waals surface area (Å²) in [6.07, 6.45) is 1.40. The van der Waals surface area contributed by atoms with Crippen molar-refractivity contribution in [1.29, 1.82) is 0 Å². The molecular weight excluding hydrogens is 296 g/mol. The Morgan fingerprint density at radius 2 is 2.40 bits per heavy atom. The van der Waals surface area contributed by atoms with Crippen molar-refractivity contribution in [3.8, 4) is 0 Å². The first-order chi connectivity index (χ1) is 9.70. The van der Waals surface area contributed by atoms with Crippen molar-refractivity contribution >= 4 is 50.0 Å². The lowest BCUT2D eigenvalue weighted by molar-refractivity contribution is -0.113. The van der Waals surface area contributed by atoms with Crippen molar-refractivity contribution in [2.45, 2.75) is 5.16 Å². The fraction of sp³-hybridized carbons (Fsp3) is 0.0909. The minimum Gasteiger partial charge on any atom is -0.399 e. The minimum absolute atomic E-state index is 0.140. The number of amides is 1. The number of nitrogens with two attached hydrogens (primary N) is 1. The number of rotatable bonds is 4. The third-order valence-electron chi connectivity index (χ3n) is 2.39. The number of anilines is 2. The Kier molecular flexibility index (Phi) is 3.52. The van der Waals surface area contributed by atoms with E-state index in [0.717, 1.165) is 10.2 Å². The highest BCUT2D eigenvalue weighted by atomic mass is 32.2. The normalized spacial score (nSPS) is 10.8. The van der Waals surface area contributed by atoms with E-state index in [2.05, 4.69) is 25.5 Å². The third kappa shape index (κ3) is 2.89. The van der Waals surface area contributed by atoms with E-state index in [0.29, 0.717) is 16.0 Å². The Morgan fingerprint density at radius 3 is 3.20 bits per heavy atom. The molecule has 4 N–H and O–H groups in total. The molecule has 0 aliphatic carbocycles. The van der Waals surface area contributed by atoms with Crippen molar-refractivity contribution in [2.75, 3.05) is 16.8 Å². The molecule has 102 valence electrons. The van der Waals surface area contributed by atoms with Gasteiger partial charge in [0.15, 0.2) is 10.3 Å². The molecule has 0 saturated heterocycles. The summed E-state index contributed by atoms with van der Waals surface area (Å²) in [6.45, 7) is 0. The number of thiazole rings is 1. The topological polar surface area (TPSA) is 110 Å². The van der Waals surface area contributed by atoms with Gasteiger partial charge < -0.3 is 11.1 Å². The number of hydrogen-bond donors (Lipinski definition) is 3. The van der Waals surface area contributed by atoms with Crippen LogP contribution < -0.4 is 11.1 Å². The van der Waals surface area contributed by atoms with Crippen LogP contribution in [-0.4, -0.2) is 31.8 Å². The molecule has 0 atom stereocenters. The lowest BCUT2D eigenvalue weighted by atomic mass is 10.3. The van der Waals surface area contributed by atoms with Gasteiger partial charge in [0.2, 0.25) is 5.91 Å². The number of nitrogens with zero attached hydrogens (tertiary/aromatic N) is 3. The van der Waals surface area contributed by atoms with Gasteiger partial charge in [0.05, 0.1) is 16.0 Å². The lowest BCUT2D eigenvalue weighted by Gasteiger charge is -1.98. The average molecular weight is 306 g/mol. The standard InChI is InChI=1S/C11H10N6OS2/c12-6-1-2-7-8(3-6)20-11(15-7)16-9(18)4-19-10-13-5-14-17-10/h1-3,5H,4,12H2,(H,13,14,17)(H,15,16,18). The van der Waals surface area contributed by atoms with Gasteiger partial charge in [-0.1, -0.05) is 23.1 Å². The summed E-state index contributed by atoms with van der Waals surface area (Å²) in [6, 6.07) is 5.46. The van der Waals surface area contributed by atoms with E-state index in [1.54, 1.807) is 6.07 Å². The van der Waals surface area contributed by atoms with E-state index in [-0.39, 0.29) is 11.7 Å². The summed E-state index contributed by atoms with van der Waals surface area (Å²) in [4.78, 5) is 20.1. The van der Waals surface area contributed by atoms with Crippen LogP contribution in [0.1, 0.15) is 0 Å². The van der Waals surface area contributed by atoms with Crippen LogP contribution >= 0.6 is 23.1 Å². The maximum Gasteiger partial charge on any atom is 0.236 e. The van der Waals surface area contributed by atoms with Crippen molar-refractivity contribution in [1.82, 2.24) is 20.2 Å². The number of nitrogens with one attached hydrogen (secondary N) is 2. The number of aromatic amines is 1. The number of carbonyl (C=O) groups is 1. The van der Waals surface area contributed by atoms with Gasteiger partial charge in [-0.05, 0) is 18.2 Å². The highest BCUT2D eigenvalue weighted by molar-refractivity contribution is 7.99. The first kappa shape index (κ1) is 12.9. The molecule has 3 rings (SSSR count). The Balaban J connectivity index is 1.65. The summed E-state index contributed by atoms with van der Waals surface area (Å²) in [7, 11) is 0. The van der Waals surface area contributed by atoms with Gasteiger partial charge in [-0.2, -0.15) is 5.10 Å². The monoisotopic (exact) mass is 306 g/mol. The molecule has 0 fully saturated rings. The van der Waals surface area contributed by atoms with Crippen molar-refractivity contribution < 1.29 is 4.79 Å². The molecule has 3 aromatic rings. The number of aromatic nitrogens is 4. The summed E-state index contributed by atoms with van der Waals surface area (Å²) in [5.41, 5.74) is 7.21. The van der Waals surface area contributed by atoms with Crippen LogP contribution in [0.15, 0.2) is 29.7 Å². The summed E-state index contributed by atoms with van der Waals surface area (Å²) in [5, 5.41) is 10.3. The molecule has 20 heavy (non-hydrogen) atoms. The summed E-state index contributed by atoms with van der Waals surface area (Å²) >= 11 is 2.67. The van der Waals surface area contributed by atoms with Gasteiger partial charge in [0, 0.05) is 5.69 Å². The summed E-state index contributed by atoms with van der Waals surface area (Å²) < 4.78 is 0.947. The molecule has 0 aliphatic heterocycles. The molecule has 7 nitrogen and oxygen atoms in total. The molecule has 0 radical (unpaired) electrons. The zero-order valence-electron chi connectivity index (χ0n) is 10.2. The maximum atomic E-state index is 11.8. The van der Waals surface area contributed by atoms with Gasteiger partial charge >= 0.3 is 0 Å². The molecule has 0 spiro atoms. The van der Waals surface area contributed by atoms with Crippen LogP contribution in [-0.2, 0) is 4.79 Å². The molecule has 1 aromatic carbocycles. The van der Waals surface area contributed by atoms with Gasteiger partial charge in [-0.25, -0.2) is 9.97 Å². The fourth-order valence-electron chi connectivity index (χ4n) is 1.55. The van der Waals surface area contributed by atoms with Crippen LogP contribution in [0.2, 0.25) is 0 Å². The highest BCUT2D eigenvalue weighted by Gasteiger charge is 2.09. The second-order valence-electron chi connectivity index (χ2n) is 3.87. The zero-order valence-corrected chi connectivity index (χ0v) is 11.8. The Hall–Kier alpha value is -2.13. The third-order valence-corrected chi connectivity index (χ3v) is 4.20. The number of hydrogen-bond acceptors (Lipinski definition) is 7. The highest BCUT2D eigenvalue weighted by Crippen LogP contribution is 2.27. The van der Waals surface area contributed by atoms with E-state index in [4.69, 9.17) is 5.73 Å². The molecule has 2 aromatic heterocycles. The molecule has 0 unspecified atom stereocenters. The Morgan fingerprint density at radius 1 is 1.50 bits per heavy atom. The van der Waals surface area contributed by atoms with Crippen molar-refractivity contribution in [2.24, 2.45) is 0 Å². The van der Waals surface area contributed by atoms with Crippen LogP contribution in [0.3, 0.4) is 0 Å². The second-order valence-corrected chi connectivity index (χ2v) is 5.87. The summed E-state index contributed by atoms with van der Waals surface area (Å²) in [5.74, 6) is 0.103. The van der Waals surface area contributed by atoms with Crippen LogP contribution in [0, 0.1) is 0 Å². The number of H-pyrrole nitrogens is 1. The van der Waals surface area contributed by atoms with E-state index in [1.807, 2.05) is 12.1 Å². The van der Waals surface area contributed by atoms with Crippen molar-refractivity contribution in [3.63, 3.8) is 0 Å². The number of nitrogen functional groups attached to an aromatic ring is 1. The predicted octanol–water partition coefficient (Wildman–Crippen LogP) is 1.73. The van der Waals surface area contributed by atoms with Crippen LogP contribution in [0.4, 0.5) is 10.8 Å². The quantitative estimate of drug-likeness (QED) is 0.500. The lowest BCUT2D eigenvalue weighted by Crippen LogP contribution is -2.13. The fourth-order valence-corrected chi connectivity index (χ4v) is 3.06. The van der Waals surface area contributed by atoms with Crippen molar-refractivity contribution in [3.05, 3.63) is 24.5 Å². The smallest absolute Gasteiger partial charge is 0.236 e. The van der Waals surface area contributed by atoms with E-state index in [9.17, 15) is 4.79 Å². The van der Waals surface area contributed by atoms with Crippen LogP contribution in [0.25, 0.3) is 10.2 Å². The van der Waals surface area contributed by atoms with E-state index in [1.165, 1.54) is 29.4 Å². The van der Waals surface area contributed by atoms with Gasteiger partial charge in [-0.3, -0.25) is 9.89 Å². The first-order valence-corrected chi connectivity index (χ1v) is 7.45. The largest absolute Gasteiger partial charge is 0.399 e. The molecular formula is C11H10N6OS2. The molecule has 9 heteroatoms. The van der Waals surface area contributed by atoms with E-state index < -0.39 is 0 Å². The Bertz CT molecular complexity index is 739. The number of fused-ring (bicyclic) bond motifs is 1. The maximum absolute atomic E-state index is 11.8. The Labute approximate surface area is 122 Å².